The van der Waals surface area contributed by atoms with E-state index in [-0.39, 0.29) is 18.3 Å². The molecule has 5 nitrogen and oxygen atoms in total. The summed E-state index contributed by atoms with van der Waals surface area (Å²) < 4.78 is 19.6. The molecule has 148 valence electrons. The predicted octanol–water partition coefficient (Wildman–Crippen LogP) is 3.18. The zero-order chi connectivity index (χ0) is 19.9. The molecular weight excluding hydrogens is 383 g/mol. The van der Waals surface area contributed by atoms with Crippen LogP contribution in [0.2, 0.25) is 5.02 Å². The van der Waals surface area contributed by atoms with Gasteiger partial charge in [0, 0.05) is 24.2 Å². The molecule has 1 amide bonds. The van der Waals surface area contributed by atoms with Crippen LogP contribution in [0.3, 0.4) is 0 Å². The first-order valence-electron chi connectivity index (χ1n) is 9.04. The van der Waals surface area contributed by atoms with Crippen LogP contribution in [-0.2, 0) is 9.53 Å². The highest BCUT2D eigenvalue weighted by Crippen LogP contribution is 2.25. The molecule has 28 heavy (non-hydrogen) atoms. The Bertz CT molecular complexity index is 836. The highest BCUT2D eigenvalue weighted by Gasteiger charge is 2.19. The Morgan fingerprint density at radius 1 is 1.25 bits per heavy atom. The number of carbonyl (C=O) groups is 1. The van der Waals surface area contributed by atoms with Crippen molar-refractivity contribution in [3.05, 3.63) is 70.5 Å². The number of nitrogens with one attached hydrogen (secondary N) is 1. The lowest BCUT2D eigenvalue weighted by atomic mass is 10.1. The van der Waals surface area contributed by atoms with Crippen molar-refractivity contribution in [1.29, 1.82) is 0 Å². The van der Waals surface area contributed by atoms with Gasteiger partial charge in [-0.05, 0) is 41.5 Å². The maximum Gasteiger partial charge on any atom is 0.244 e. The smallest absolute Gasteiger partial charge is 0.244 e. The van der Waals surface area contributed by atoms with Gasteiger partial charge in [-0.15, -0.1) is 0 Å². The average molecular weight is 405 g/mol. The third-order valence-electron chi connectivity index (χ3n) is 4.52. The van der Waals surface area contributed by atoms with Gasteiger partial charge in [0.05, 0.1) is 31.5 Å². The second-order valence-electron chi connectivity index (χ2n) is 6.44. The lowest BCUT2D eigenvalue weighted by molar-refractivity contribution is -0.117. The number of nitrogens with zero attached hydrogens (tertiary/aromatic N) is 1. The van der Waals surface area contributed by atoms with E-state index in [1.54, 1.807) is 42.5 Å². The van der Waals surface area contributed by atoms with E-state index in [0.717, 1.165) is 5.56 Å². The van der Waals surface area contributed by atoms with Crippen LogP contribution in [0.15, 0.2) is 48.5 Å². The second kappa shape index (κ2) is 9.68. The zero-order valence-corrected chi connectivity index (χ0v) is 16.0. The summed E-state index contributed by atoms with van der Waals surface area (Å²) in [6.07, 6.45) is 3.04. The molecule has 0 bridgehead atoms. The van der Waals surface area contributed by atoms with E-state index in [4.69, 9.17) is 16.3 Å². The number of rotatable bonds is 6. The molecule has 1 atom stereocenters. The van der Waals surface area contributed by atoms with Gasteiger partial charge in [0.15, 0.2) is 0 Å². The molecule has 2 aromatic carbocycles. The van der Waals surface area contributed by atoms with Crippen molar-refractivity contribution in [3.8, 4) is 0 Å². The normalized spacial score (nSPS) is 15.6. The molecule has 1 heterocycles. The highest BCUT2D eigenvalue weighted by molar-refractivity contribution is 6.30. The number of aliphatic hydroxyl groups excluding tert-OH is 1. The Balaban J connectivity index is 1.70. The molecule has 2 aromatic rings. The number of aliphatic hydroxyl groups is 1. The number of anilines is 1. The van der Waals surface area contributed by atoms with E-state index < -0.39 is 6.04 Å². The summed E-state index contributed by atoms with van der Waals surface area (Å²) >= 11 is 5.84. The fraction of sp³-hybridized carbons (Fsp3) is 0.286. The number of halogens is 2. The van der Waals surface area contributed by atoms with Crippen molar-refractivity contribution in [1.82, 2.24) is 5.32 Å². The van der Waals surface area contributed by atoms with Crippen LogP contribution in [0.25, 0.3) is 6.08 Å². The van der Waals surface area contributed by atoms with Crippen molar-refractivity contribution in [3.63, 3.8) is 0 Å². The van der Waals surface area contributed by atoms with Gasteiger partial charge in [0.25, 0.3) is 0 Å². The summed E-state index contributed by atoms with van der Waals surface area (Å²) in [6.45, 7) is 1.98. The highest BCUT2D eigenvalue weighted by atomic mass is 35.5. The molecule has 0 aliphatic carbocycles. The minimum atomic E-state index is -0.636. The van der Waals surface area contributed by atoms with Crippen LogP contribution < -0.4 is 10.2 Å². The summed E-state index contributed by atoms with van der Waals surface area (Å²) in [5.74, 6) is -0.692. The van der Waals surface area contributed by atoms with Crippen molar-refractivity contribution < 1.29 is 19.0 Å². The van der Waals surface area contributed by atoms with E-state index in [1.807, 2.05) is 4.90 Å². The van der Waals surface area contributed by atoms with Gasteiger partial charge >= 0.3 is 0 Å². The molecule has 1 fully saturated rings. The molecule has 1 aliphatic rings. The molecule has 0 saturated carbocycles. The molecule has 0 unspecified atom stereocenters. The molecule has 7 heteroatoms. The Hall–Kier alpha value is -2.41. The van der Waals surface area contributed by atoms with Gasteiger partial charge in [0.1, 0.15) is 5.82 Å². The second-order valence-corrected chi connectivity index (χ2v) is 6.88. The van der Waals surface area contributed by atoms with Crippen LogP contribution in [0, 0.1) is 5.82 Å². The van der Waals surface area contributed by atoms with Crippen LogP contribution in [0.1, 0.15) is 17.2 Å². The molecule has 3 rings (SSSR count). The minimum absolute atomic E-state index is 0.297. The number of hydrogen-bond donors (Lipinski definition) is 2. The predicted molar refractivity (Wildman–Crippen MR) is 108 cm³/mol. The van der Waals surface area contributed by atoms with Crippen molar-refractivity contribution in [2.24, 2.45) is 0 Å². The molecular formula is C21H22ClFN2O3. The number of amides is 1. The number of carbonyl (C=O) groups excluding carboxylic acids is 1. The van der Waals surface area contributed by atoms with Gasteiger partial charge < -0.3 is 20.1 Å². The van der Waals surface area contributed by atoms with Crippen LogP contribution in [-0.4, -0.2) is 43.9 Å². The third kappa shape index (κ3) is 5.32. The van der Waals surface area contributed by atoms with Crippen LogP contribution in [0.4, 0.5) is 10.1 Å². The molecule has 1 saturated heterocycles. The Kier molecular flexibility index (Phi) is 7.03. The molecule has 2 N–H and O–H groups in total. The molecule has 0 aromatic heterocycles. The van der Waals surface area contributed by atoms with E-state index in [1.165, 1.54) is 12.1 Å². The fourth-order valence-corrected chi connectivity index (χ4v) is 3.12. The summed E-state index contributed by atoms with van der Waals surface area (Å²) in [6, 6.07) is 11.0. The lowest BCUT2D eigenvalue weighted by Crippen LogP contribution is -2.37. The lowest BCUT2D eigenvalue weighted by Gasteiger charge is -2.30. The summed E-state index contributed by atoms with van der Waals surface area (Å²) in [4.78, 5) is 14.1. The van der Waals surface area contributed by atoms with Crippen molar-refractivity contribution >= 4 is 29.3 Å². The fourth-order valence-electron chi connectivity index (χ4n) is 2.99. The first-order chi connectivity index (χ1) is 13.6. The van der Waals surface area contributed by atoms with E-state index in [2.05, 4.69) is 5.32 Å². The SMILES string of the molecule is O=C(C=Cc1ccc(Cl)cc1)N[C@@H](CO)c1ccc(F)c(N2CCOCC2)c1. The van der Waals surface area contributed by atoms with Crippen LogP contribution >= 0.6 is 11.6 Å². The monoisotopic (exact) mass is 404 g/mol. The van der Waals surface area contributed by atoms with E-state index in [0.29, 0.717) is 42.6 Å². The minimum Gasteiger partial charge on any atom is -0.394 e. The number of ether oxygens (including phenoxy) is 1. The van der Waals surface area contributed by atoms with Gasteiger partial charge in [-0.2, -0.15) is 0 Å². The first kappa shape index (κ1) is 20.3. The molecule has 0 spiro atoms. The van der Waals surface area contributed by atoms with Gasteiger partial charge in [-0.25, -0.2) is 4.39 Å². The number of benzene rings is 2. The van der Waals surface area contributed by atoms with Gasteiger partial charge in [-0.1, -0.05) is 29.8 Å². The van der Waals surface area contributed by atoms with Crippen molar-refractivity contribution in [2.45, 2.75) is 6.04 Å². The summed E-state index contributed by atoms with van der Waals surface area (Å²) in [7, 11) is 0. The van der Waals surface area contributed by atoms with Gasteiger partial charge in [-0.3, -0.25) is 4.79 Å². The van der Waals surface area contributed by atoms with Crippen molar-refractivity contribution in [2.75, 3.05) is 37.8 Å². The maximum atomic E-state index is 14.3. The van der Waals surface area contributed by atoms with E-state index in [9.17, 15) is 14.3 Å². The number of hydrogen-bond acceptors (Lipinski definition) is 4. The number of morpholine rings is 1. The zero-order valence-electron chi connectivity index (χ0n) is 15.3. The topological polar surface area (TPSA) is 61.8 Å². The average Bonchev–Trinajstić information content (AvgIpc) is 2.73. The van der Waals surface area contributed by atoms with Gasteiger partial charge in [0.2, 0.25) is 5.91 Å². The Morgan fingerprint density at radius 3 is 2.64 bits per heavy atom. The quantitative estimate of drug-likeness (QED) is 0.726. The third-order valence-corrected chi connectivity index (χ3v) is 4.77. The molecule has 0 radical (unpaired) electrons. The standard InChI is InChI=1S/C21H22ClFN2O3/c22-17-5-1-15(2-6-17)3-8-21(27)24-19(14-26)16-4-7-18(23)20(13-16)25-9-11-28-12-10-25/h1-8,13,19,26H,9-12,14H2,(H,24,27)/t19-/m0/s1. The molecule has 1 aliphatic heterocycles. The Labute approximate surface area is 168 Å². The Morgan fingerprint density at radius 2 is 1.96 bits per heavy atom. The largest absolute Gasteiger partial charge is 0.394 e. The first-order valence-corrected chi connectivity index (χ1v) is 9.42. The van der Waals surface area contributed by atoms with E-state index >= 15 is 0 Å². The summed E-state index contributed by atoms with van der Waals surface area (Å²) in [5.41, 5.74) is 1.92. The maximum absolute atomic E-state index is 14.3. The summed E-state index contributed by atoms with van der Waals surface area (Å²) in [5, 5.41) is 13.1. The van der Waals surface area contributed by atoms with Crippen LogP contribution in [0.5, 0.6) is 0 Å².